The molecular formula is C23H25N5O2. The molecule has 0 saturated heterocycles. The van der Waals surface area contributed by atoms with Crippen LogP contribution >= 0.6 is 0 Å². The molecule has 7 heteroatoms. The van der Waals surface area contributed by atoms with Crippen LogP contribution in [0.3, 0.4) is 0 Å². The first-order valence-corrected chi connectivity index (χ1v) is 9.62. The van der Waals surface area contributed by atoms with Crippen molar-refractivity contribution in [2.45, 2.75) is 19.8 Å². The monoisotopic (exact) mass is 403 g/mol. The number of rotatable bonds is 8. The average Bonchev–Trinajstić information content (AvgIpc) is 3.10. The Labute approximate surface area is 175 Å². The van der Waals surface area contributed by atoms with Crippen molar-refractivity contribution >= 4 is 17.6 Å². The minimum atomic E-state index is -0.369. The Morgan fingerprint density at radius 3 is 2.30 bits per heavy atom. The van der Waals surface area contributed by atoms with Crippen LogP contribution in [0.4, 0.5) is 0 Å². The molecule has 1 aromatic heterocycles. The van der Waals surface area contributed by atoms with Gasteiger partial charge in [-0.05, 0) is 36.1 Å². The number of aromatic amines is 1. The molecule has 0 aliphatic heterocycles. The third-order valence-electron chi connectivity index (χ3n) is 4.80. The number of amidine groups is 2. The summed E-state index contributed by atoms with van der Waals surface area (Å²) in [6, 6.07) is 14.8. The predicted molar refractivity (Wildman–Crippen MR) is 117 cm³/mol. The van der Waals surface area contributed by atoms with E-state index >= 15 is 0 Å². The first kappa shape index (κ1) is 20.9. The molecule has 0 fully saturated rings. The highest BCUT2D eigenvalue weighted by atomic mass is 16.5. The third-order valence-corrected chi connectivity index (χ3v) is 4.80. The van der Waals surface area contributed by atoms with Crippen LogP contribution < -0.4 is 11.5 Å². The number of H-pyrrole nitrogens is 1. The Morgan fingerprint density at radius 1 is 0.967 bits per heavy atom. The zero-order valence-electron chi connectivity index (χ0n) is 16.8. The summed E-state index contributed by atoms with van der Waals surface area (Å²) < 4.78 is 5.30. The van der Waals surface area contributed by atoms with Gasteiger partial charge in [0.25, 0.3) is 0 Å². The molecule has 0 aliphatic carbocycles. The second-order valence-electron chi connectivity index (χ2n) is 6.97. The van der Waals surface area contributed by atoms with E-state index in [2.05, 4.69) is 4.98 Å². The second-order valence-corrected chi connectivity index (χ2v) is 6.97. The fourth-order valence-corrected chi connectivity index (χ4v) is 3.32. The number of esters is 1. The van der Waals surface area contributed by atoms with Crippen molar-refractivity contribution in [1.82, 2.24) is 4.98 Å². The maximum absolute atomic E-state index is 12.7. The van der Waals surface area contributed by atoms with Crippen LogP contribution in [-0.2, 0) is 17.6 Å². The molecule has 0 bridgehead atoms. The van der Waals surface area contributed by atoms with Gasteiger partial charge in [0.05, 0.1) is 12.2 Å². The Morgan fingerprint density at radius 2 is 1.67 bits per heavy atom. The molecule has 30 heavy (non-hydrogen) atoms. The highest BCUT2D eigenvalue weighted by Gasteiger charge is 2.20. The molecule has 0 aliphatic rings. The van der Waals surface area contributed by atoms with Crippen LogP contribution in [0.2, 0.25) is 0 Å². The number of nitrogens with two attached hydrogens (primary N) is 2. The Balaban J connectivity index is 1.92. The summed E-state index contributed by atoms with van der Waals surface area (Å²) in [5, 5.41) is 15.1. The van der Waals surface area contributed by atoms with E-state index in [-0.39, 0.29) is 24.2 Å². The Kier molecular flexibility index (Phi) is 6.32. The smallest absolute Gasteiger partial charge is 0.340 e. The van der Waals surface area contributed by atoms with Gasteiger partial charge in [-0.25, -0.2) is 4.79 Å². The number of ether oxygens (including phenoxy) is 1. The largest absolute Gasteiger partial charge is 0.462 e. The van der Waals surface area contributed by atoms with E-state index in [1.165, 1.54) is 0 Å². The van der Waals surface area contributed by atoms with Gasteiger partial charge in [0.2, 0.25) is 0 Å². The van der Waals surface area contributed by atoms with Crippen molar-refractivity contribution in [3.05, 3.63) is 93.8 Å². The average molecular weight is 403 g/mol. The highest BCUT2D eigenvalue weighted by molar-refractivity contribution is 5.96. The van der Waals surface area contributed by atoms with E-state index in [1.54, 1.807) is 25.1 Å². The number of hydrogen-bond acceptors (Lipinski definition) is 4. The molecule has 0 radical (unpaired) electrons. The van der Waals surface area contributed by atoms with Gasteiger partial charge in [-0.2, -0.15) is 0 Å². The van der Waals surface area contributed by atoms with Gasteiger partial charge in [-0.1, -0.05) is 42.5 Å². The molecule has 3 aromatic rings. The predicted octanol–water partition coefficient (Wildman–Crippen LogP) is 2.94. The van der Waals surface area contributed by atoms with Crippen molar-refractivity contribution in [2.75, 3.05) is 6.61 Å². The van der Waals surface area contributed by atoms with Crippen molar-refractivity contribution in [3.63, 3.8) is 0 Å². The molecule has 1 heterocycles. The van der Waals surface area contributed by atoms with Crippen LogP contribution in [-0.4, -0.2) is 29.2 Å². The molecule has 154 valence electrons. The Hall–Kier alpha value is -3.87. The minimum absolute atomic E-state index is 0.00577. The normalized spacial score (nSPS) is 10.6. The van der Waals surface area contributed by atoms with Gasteiger partial charge >= 0.3 is 5.97 Å². The molecule has 7 nitrogen and oxygen atoms in total. The molecule has 7 N–H and O–H groups in total. The number of carbonyl (C=O) groups is 1. The lowest BCUT2D eigenvalue weighted by Gasteiger charge is -2.09. The lowest BCUT2D eigenvalue weighted by Crippen LogP contribution is -2.12. The van der Waals surface area contributed by atoms with E-state index in [0.29, 0.717) is 29.5 Å². The van der Waals surface area contributed by atoms with Crippen LogP contribution in [0.15, 0.2) is 54.7 Å². The summed E-state index contributed by atoms with van der Waals surface area (Å²) in [4.78, 5) is 15.9. The minimum Gasteiger partial charge on any atom is -0.462 e. The van der Waals surface area contributed by atoms with Gasteiger partial charge < -0.3 is 21.2 Å². The van der Waals surface area contributed by atoms with Crippen molar-refractivity contribution in [2.24, 2.45) is 11.5 Å². The topological polar surface area (TPSA) is 142 Å². The summed E-state index contributed by atoms with van der Waals surface area (Å²) in [6.07, 6.45) is 2.85. The van der Waals surface area contributed by atoms with Gasteiger partial charge in [-0.3, -0.25) is 10.8 Å². The molecule has 0 unspecified atom stereocenters. The number of hydrogen-bond donors (Lipinski definition) is 5. The van der Waals surface area contributed by atoms with Crippen LogP contribution in [0.1, 0.15) is 50.8 Å². The van der Waals surface area contributed by atoms with E-state index in [1.807, 2.05) is 36.5 Å². The van der Waals surface area contributed by atoms with Crippen molar-refractivity contribution < 1.29 is 9.53 Å². The van der Waals surface area contributed by atoms with Crippen molar-refractivity contribution in [3.8, 4) is 0 Å². The number of carbonyl (C=O) groups excluding carboxylic acids is 1. The van der Waals surface area contributed by atoms with E-state index in [0.717, 1.165) is 22.4 Å². The summed E-state index contributed by atoms with van der Waals surface area (Å²) in [7, 11) is 0. The van der Waals surface area contributed by atoms with Crippen LogP contribution in [0, 0.1) is 10.8 Å². The SMILES string of the molecule is CCOC(=O)c1c(Cc2cccc(C(=N)N)c2)c[nH]c1Cc1ccc(C(=N)N)cc1. The van der Waals surface area contributed by atoms with Gasteiger partial charge in [0.15, 0.2) is 0 Å². The highest BCUT2D eigenvalue weighted by Crippen LogP contribution is 2.23. The molecule has 0 atom stereocenters. The van der Waals surface area contributed by atoms with Crippen molar-refractivity contribution in [1.29, 1.82) is 10.8 Å². The van der Waals surface area contributed by atoms with E-state index in [9.17, 15) is 4.79 Å². The quantitative estimate of drug-likeness (QED) is 0.224. The molecule has 0 spiro atoms. The zero-order chi connectivity index (χ0) is 21.7. The third kappa shape index (κ3) is 4.75. The summed E-state index contributed by atoms with van der Waals surface area (Å²) in [6.45, 7) is 2.07. The fourth-order valence-electron chi connectivity index (χ4n) is 3.32. The Bertz CT molecular complexity index is 1080. The maximum atomic E-state index is 12.7. The lowest BCUT2D eigenvalue weighted by atomic mass is 9.98. The first-order valence-electron chi connectivity index (χ1n) is 9.62. The van der Waals surface area contributed by atoms with Crippen LogP contribution in [0.5, 0.6) is 0 Å². The first-order chi connectivity index (χ1) is 14.4. The number of nitrogens with one attached hydrogen (secondary N) is 3. The molecular weight excluding hydrogens is 378 g/mol. The lowest BCUT2D eigenvalue weighted by molar-refractivity contribution is 0.0524. The summed E-state index contributed by atoms with van der Waals surface area (Å²) in [5.41, 5.74) is 16.5. The molecule has 3 rings (SSSR count). The van der Waals surface area contributed by atoms with Gasteiger partial charge in [0.1, 0.15) is 11.7 Å². The van der Waals surface area contributed by atoms with E-state index in [4.69, 9.17) is 27.0 Å². The summed E-state index contributed by atoms with van der Waals surface area (Å²) >= 11 is 0. The van der Waals surface area contributed by atoms with Gasteiger partial charge in [0, 0.05) is 29.4 Å². The molecule has 2 aromatic carbocycles. The molecule has 0 amide bonds. The second kappa shape index (κ2) is 9.09. The summed E-state index contributed by atoms with van der Waals surface area (Å²) in [5.74, 6) is -0.346. The van der Waals surface area contributed by atoms with E-state index < -0.39 is 0 Å². The van der Waals surface area contributed by atoms with Gasteiger partial charge in [-0.15, -0.1) is 0 Å². The zero-order valence-corrected chi connectivity index (χ0v) is 16.8. The maximum Gasteiger partial charge on any atom is 0.340 e. The number of benzene rings is 2. The number of nitrogen functional groups attached to an aromatic ring is 2. The molecule has 0 saturated carbocycles. The number of aromatic nitrogens is 1. The fraction of sp³-hybridized carbons (Fsp3) is 0.174. The standard InChI is InChI=1S/C23H25N5O2/c1-2-30-23(29)20-18(11-15-4-3-5-17(10-15)22(26)27)13-28-19(20)12-14-6-8-16(9-7-14)21(24)25/h3-10,13,28H,2,11-12H2,1H3,(H3,24,25)(H3,26,27). The van der Waals surface area contributed by atoms with Crippen LogP contribution in [0.25, 0.3) is 0 Å².